The number of furan rings is 2. The zero-order valence-electron chi connectivity index (χ0n) is 66.3. The van der Waals surface area contributed by atoms with E-state index in [1.165, 1.54) is 37.4 Å². The molecule has 14 aliphatic heterocycles. The average Bonchev–Trinajstić information content (AvgIpc) is 1.64. The molecule has 35 heteroatoms. The number of nitriles is 1. The second kappa shape index (κ2) is 31.0. The van der Waals surface area contributed by atoms with Crippen LogP contribution in [0.2, 0.25) is 0 Å². The Morgan fingerprint density at radius 2 is 1.02 bits per heavy atom. The molecule has 16 heterocycles. The standard InChI is InChI=1S/C42H42N4O10S.C41H43N3O11S.CH4.Ag.HNO3/c1-18-11-21-12-25-26(14-43)46-27-15-52-41(49)42(40-23(9-10-44-42)24-13-22(50-5)7-8-28(24)56-40)16-57-39(33(46)32(45(25)4)29(21)34(48)35(18)51-6)31-30(27)38-37(53-17-54-38)19(2)36(31)55-20(3)47;1-17-11-20-12-24-39(47)44-25-14-51-40(48)41(38-22(9-10-42-41)23-13-21(49-5)7-8-26(23)55-38)15-56-37(31(44)30(43(24)4)27(20)32(46)33(17)50-6)29-28(25)36-35(52-16-53-36)18(2)34(29)54-19(3)45;;;2-1(3)4/h7-8,11,13,25-27,32-33,39,44,48H,9-10,12,15-17H2,1-6H3;7-8,11,13,24-25,30-31,37,39,42,46-47H,9-10,12,14-16H2,1-6H3;1H4;;(H,2,3,4)/t25-,26-,27-,32+,33+,39+,42+;24-,25-,30+,31+,37+,39-,41+;;;/m00.../s1. The third-order valence-corrected chi connectivity index (χ3v) is 28.7. The molecule has 0 unspecified atom stereocenters. The van der Waals surface area contributed by atoms with Gasteiger partial charge < -0.3 is 86.2 Å². The van der Waals surface area contributed by atoms with E-state index in [1.54, 1.807) is 28.4 Å². The Bertz CT molecular complexity index is 5620. The summed E-state index contributed by atoms with van der Waals surface area (Å²) in [7, 11) is 10.3. The van der Waals surface area contributed by atoms with Crippen molar-refractivity contribution in [3.8, 4) is 75.1 Å². The van der Waals surface area contributed by atoms with Crippen LogP contribution in [0.1, 0.15) is 145 Å². The molecule has 4 fully saturated rings. The van der Waals surface area contributed by atoms with Crippen LogP contribution in [0, 0.1) is 49.1 Å². The van der Waals surface area contributed by atoms with Gasteiger partial charge in [0.25, 0.3) is 5.09 Å². The summed E-state index contributed by atoms with van der Waals surface area (Å²) in [6.45, 7) is 10.7. The van der Waals surface area contributed by atoms with Crippen molar-refractivity contribution in [2.24, 2.45) is 0 Å². The fourth-order valence-electron chi connectivity index (χ4n) is 21.0. The van der Waals surface area contributed by atoms with Crippen LogP contribution in [0.15, 0.2) is 57.4 Å². The number of benzene rings is 6. The van der Waals surface area contributed by atoms with Crippen molar-refractivity contribution < 1.29 is 133 Å². The summed E-state index contributed by atoms with van der Waals surface area (Å²) in [6, 6.07) is 13.1. The Hall–Kier alpha value is -9.87. The fraction of sp³-hybridized carbons (Fsp3) is 0.464. The Kier molecular flexibility index (Phi) is 21.6. The number of aliphatic hydroxyl groups is 1. The van der Waals surface area contributed by atoms with E-state index >= 15 is 0 Å². The monoisotopic (exact) mass is 1770 g/mol. The number of thioether (sulfide) groups is 2. The van der Waals surface area contributed by atoms with Crippen LogP contribution in [0.25, 0.3) is 21.9 Å². The molecule has 14 atom stereocenters. The first-order valence-electron chi connectivity index (χ1n) is 38.5. The number of hydrogen-bond acceptors (Lipinski definition) is 32. The zero-order valence-corrected chi connectivity index (χ0v) is 69.4. The summed E-state index contributed by atoms with van der Waals surface area (Å²) < 4.78 is 85.6. The number of nitrogens with one attached hydrogen (secondary N) is 2. The molecule has 4 saturated heterocycles. The van der Waals surface area contributed by atoms with Gasteiger partial charge in [0.1, 0.15) is 71.2 Å². The number of piperazine rings is 2. The van der Waals surface area contributed by atoms with Gasteiger partial charge in [0.15, 0.2) is 57.1 Å². The van der Waals surface area contributed by atoms with E-state index in [2.05, 4.69) is 37.5 Å². The van der Waals surface area contributed by atoms with Crippen molar-refractivity contribution in [1.29, 1.82) is 5.26 Å². The molecule has 2 spiro atoms. The minimum Gasteiger partial charge on any atom is -0.504 e. The number of aliphatic hydroxyl groups excluding tert-OH is 1. The molecule has 6 N–H and O–H groups in total. The van der Waals surface area contributed by atoms with Crippen LogP contribution in [-0.4, -0.2) is 199 Å². The molecule has 8 aromatic rings. The van der Waals surface area contributed by atoms with Gasteiger partial charge in [0, 0.05) is 145 Å². The summed E-state index contributed by atoms with van der Waals surface area (Å²) >= 11 is 2.98. The topological polar surface area (TPSA) is 390 Å². The summed E-state index contributed by atoms with van der Waals surface area (Å²) in [4.78, 5) is 72.5. The van der Waals surface area contributed by atoms with Gasteiger partial charge in [-0.3, -0.25) is 39.8 Å². The van der Waals surface area contributed by atoms with E-state index in [9.17, 15) is 39.8 Å². The Morgan fingerprint density at radius 1 is 0.605 bits per heavy atom. The van der Waals surface area contributed by atoms with Gasteiger partial charge in [-0.1, -0.05) is 19.6 Å². The van der Waals surface area contributed by atoms with E-state index < -0.39 is 99.1 Å². The van der Waals surface area contributed by atoms with E-state index in [1.807, 2.05) is 89.2 Å². The molecule has 14 aliphatic rings. The normalized spacial score (nSPS) is 27.5. The first-order valence-corrected chi connectivity index (χ1v) is 40.6. The zero-order chi connectivity index (χ0) is 82.2. The molecule has 2 aromatic heterocycles. The van der Waals surface area contributed by atoms with E-state index in [4.69, 9.17) is 81.0 Å². The summed E-state index contributed by atoms with van der Waals surface area (Å²) in [6.07, 6.45) is 1.16. The van der Waals surface area contributed by atoms with Crippen molar-refractivity contribution in [2.75, 3.05) is 93.9 Å². The van der Waals surface area contributed by atoms with Gasteiger partial charge in [-0.05, 0) is 126 Å². The molecule has 32 nitrogen and oxygen atoms in total. The Balaban J connectivity index is 0.000000167. The molecule has 119 heavy (non-hydrogen) atoms. The number of rotatable bonds is 6. The number of nitrogens with zero attached hydrogens (tertiary/aromatic N) is 6. The number of ether oxygens (including phenoxy) is 12. The van der Waals surface area contributed by atoms with E-state index in [-0.39, 0.29) is 91.7 Å². The number of phenolic OH excluding ortho intramolecular Hbond substituents is 2. The van der Waals surface area contributed by atoms with Crippen LogP contribution in [0.4, 0.5) is 0 Å². The van der Waals surface area contributed by atoms with Gasteiger partial charge in [-0.25, -0.2) is 9.59 Å². The average molecular weight is 1770 g/mol. The maximum atomic E-state index is 14.9. The second-order valence-electron chi connectivity index (χ2n) is 31.4. The molecule has 6 aromatic carbocycles. The quantitative estimate of drug-likeness (QED) is 0.0296. The minimum absolute atomic E-state index is 0. The minimum atomic E-state index is -1.50. The van der Waals surface area contributed by atoms with Crippen LogP contribution in [0.3, 0.4) is 0 Å². The van der Waals surface area contributed by atoms with Crippen molar-refractivity contribution in [2.45, 2.75) is 157 Å². The second-order valence-corrected chi connectivity index (χ2v) is 33.7. The molecule has 1 radical (unpaired) electrons. The predicted molar refractivity (Wildman–Crippen MR) is 424 cm³/mol. The molecule has 22 rings (SSSR count). The van der Waals surface area contributed by atoms with Crippen molar-refractivity contribution in [3.05, 3.63) is 148 Å². The SMILES string of the molecule is C.COc1ccc2oc3c(c2c1)CCN[C@]31CS[C@@H]2c3c(OC(C)=O)c(C)c4c(c3[C@H](COC1=O)N1[C@@H]2[C@H]2c3c(cc(C)c(OC)c3O)C[C@@H]([C@@H]1C#N)N2C)OCO4.COc1ccc2oc3c(c2c1)CCN[C@]31CS[C@@H]2c3c(OC(C)=O)c(C)c4c(c3[C@H](COC1=O)N1[C@@H]2[C@H]2c3c(cc(C)c(OC)c3O)C[C@@H]([C@@H]1O)N2C)OCO4.O=[N+]([O-])O.[Ag]. The number of likely N-dealkylation sites (N-methyl/N-ethyl adjacent to an activating group) is 2. The number of carbonyl (C=O) groups excluding carboxylic acids is 4. The van der Waals surface area contributed by atoms with E-state index in [0.29, 0.717) is 158 Å². The third-order valence-electron chi connectivity index (χ3n) is 25.7. The molecular weight excluding hydrogens is 1680 g/mol. The Labute approximate surface area is 707 Å². The van der Waals surface area contributed by atoms with Gasteiger partial charge in [0.05, 0.1) is 75.2 Å². The molecular formula is C84H90AgN8O24S2. The first kappa shape index (κ1) is 82.8. The number of methoxy groups -OCH3 is 4. The van der Waals surface area contributed by atoms with Crippen LogP contribution in [0.5, 0.6) is 69.0 Å². The largest absolute Gasteiger partial charge is 0.504 e. The number of fused-ring (bicyclic) bond motifs is 22. The van der Waals surface area contributed by atoms with Crippen molar-refractivity contribution in [1.82, 2.24) is 30.2 Å². The van der Waals surface area contributed by atoms with Gasteiger partial charge in [-0.15, -0.1) is 33.6 Å². The molecule has 633 valence electrons. The molecule has 0 saturated carbocycles. The van der Waals surface area contributed by atoms with Gasteiger partial charge in [0.2, 0.25) is 13.6 Å². The fourth-order valence-corrected chi connectivity index (χ4v) is 24.3. The Morgan fingerprint density at radius 3 is 1.44 bits per heavy atom. The predicted octanol–water partition coefficient (Wildman–Crippen LogP) is 9.77. The van der Waals surface area contributed by atoms with Crippen LogP contribution < -0.4 is 58.0 Å². The maximum Gasteiger partial charge on any atom is 0.335 e. The smallest absolute Gasteiger partial charge is 0.335 e. The summed E-state index contributed by atoms with van der Waals surface area (Å²) in [5.74, 6) is 4.00. The van der Waals surface area contributed by atoms with Crippen molar-refractivity contribution >= 4 is 69.3 Å². The van der Waals surface area contributed by atoms with Gasteiger partial charge in [-0.2, -0.15) is 5.26 Å². The number of esters is 4. The number of aromatic hydroxyl groups is 2. The van der Waals surface area contributed by atoms with Crippen LogP contribution >= 0.6 is 23.5 Å². The molecule has 0 amide bonds. The summed E-state index contributed by atoms with van der Waals surface area (Å²) in [5.41, 5.74) is 9.06. The number of aryl methyl sites for hydroxylation is 2. The van der Waals surface area contributed by atoms with E-state index in [0.717, 1.165) is 49.7 Å². The van der Waals surface area contributed by atoms with Crippen molar-refractivity contribution in [3.63, 3.8) is 0 Å². The number of phenols is 2. The number of hydrogen-bond donors (Lipinski definition) is 6. The maximum absolute atomic E-state index is 14.9. The molecule has 0 aliphatic carbocycles. The first-order chi connectivity index (χ1) is 56.2. The number of carbonyl (C=O) groups is 4. The third kappa shape index (κ3) is 12.3. The van der Waals surface area contributed by atoms with Gasteiger partial charge >= 0.3 is 23.9 Å². The summed E-state index contributed by atoms with van der Waals surface area (Å²) in [5, 5.41) is 69.2. The molecule has 8 bridgehead atoms. The van der Waals surface area contributed by atoms with Crippen LogP contribution in [-0.2, 0) is 87.8 Å².